The Balaban J connectivity index is 2.03. The van der Waals surface area contributed by atoms with E-state index in [0.717, 1.165) is 18.4 Å². The highest BCUT2D eigenvalue weighted by atomic mass is 35.5. The van der Waals surface area contributed by atoms with Gasteiger partial charge in [0, 0.05) is 17.5 Å². The summed E-state index contributed by atoms with van der Waals surface area (Å²) in [5.41, 5.74) is 2.14. The van der Waals surface area contributed by atoms with Crippen LogP contribution in [0.3, 0.4) is 0 Å². The Morgan fingerprint density at radius 3 is 2.87 bits per heavy atom. The molecule has 3 rings (SSSR count). The Kier molecular flexibility index (Phi) is 4.55. The van der Waals surface area contributed by atoms with E-state index < -0.39 is 12.1 Å². The van der Waals surface area contributed by atoms with Crippen molar-refractivity contribution in [2.75, 3.05) is 6.61 Å². The number of halogens is 1. The fraction of sp³-hybridized carbons (Fsp3) is 0.278. The van der Waals surface area contributed by atoms with Gasteiger partial charge in [0.15, 0.2) is 0 Å². The van der Waals surface area contributed by atoms with Crippen LogP contribution < -0.4 is 9.47 Å². The van der Waals surface area contributed by atoms with Crippen LogP contribution in [-0.4, -0.2) is 17.7 Å². The van der Waals surface area contributed by atoms with Gasteiger partial charge in [-0.2, -0.15) is 0 Å². The molecule has 0 bridgehead atoms. The van der Waals surface area contributed by atoms with Gasteiger partial charge >= 0.3 is 5.97 Å². The second-order valence-corrected chi connectivity index (χ2v) is 5.94. The van der Waals surface area contributed by atoms with Crippen molar-refractivity contribution in [1.82, 2.24) is 0 Å². The van der Waals surface area contributed by atoms with Crippen LogP contribution in [-0.2, 0) is 11.2 Å². The monoisotopic (exact) mass is 332 g/mol. The lowest BCUT2D eigenvalue weighted by molar-refractivity contribution is -0.131. The van der Waals surface area contributed by atoms with E-state index in [-0.39, 0.29) is 0 Å². The molecule has 0 saturated carbocycles. The predicted molar refractivity (Wildman–Crippen MR) is 87.1 cm³/mol. The van der Waals surface area contributed by atoms with Gasteiger partial charge in [-0.25, -0.2) is 0 Å². The number of aliphatic hydroxyl groups excluding tert-OH is 1. The number of rotatable bonds is 3. The molecule has 0 aliphatic carbocycles. The molecule has 2 aromatic rings. The van der Waals surface area contributed by atoms with Crippen molar-refractivity contribution >= 4 is 17.6 Å². The summed E-state index contributed by atoms with van der Waals surface area (Å²) in [6, 6.07) is 10.5. The summed E-state index contributed by atoms with van der Waals surface area (Å²) in [5, 5.41) is 11.2. The van der Waals surface area contributed by atoms with Crippen LogP contribution in [0.1, 0.15) is 36.1 Å². The van der Waals surface area contributed by atoms with Gasteiger partial charge in [0.2, 0.25) is 0 Å². The van der Waals surface area contributed by atoms with Crippen molar-refractivity contribution < 1.29 is 19.4 Å². The number of carbonyl (C=O) groups is 1. The molecule has 1 unspecified atom stereocenters. The lowest BCUT2D eigenvalue weighted by Gasteiger charge is -2.22. The summed E-state index contributed by atoms with van der Waals surface area (Å²) < 4.78 is 11.0. The van der Waals surface area contributed by atoms with E-state index in [4.69, 9.17) is 21.1 Å². The molecular weight excluding hydrogens is 316 g/mol. The third-order valence-electron chi connectivity index (χ3n) is 3.75. The molecule has 120 valence electrons. The Morgan fingerprint density at radius 1 is 1.30 bits per heavy atom. The van der Waals surface area contributed by atoms with Gasteiger partial charge in [0.25, 0.3) is 0 Å². The molecule has 1 heterocycles. The van der Waals surface area contributed by atoms with E-state index >= 15 is 0 Å². The average Bonchev–Trinajstić information content (AvgIpc) is 2.53. The first-order chi connectivity index (χ1) is 11.0. The normalized spacial score (nSPS) is 14.6. The standard InChI is InChI=1S/C18H17ClO4/c1-11(20)23-17-10-13(9-16-15(17)6-3-7-22-16)18(21)12-4-2-5-14(19)8-12/h2,4-5,8-10,18,21H,3,6-7H2,1H3. The van der Waals surface area contributed by atoms with E-state index in [0.29, 0.717) is 34.3 Å². The zero-order valence-electron chi connectivity index (χ0n) is 12.7. The van der Waals surface area contributed by atoms with Gasteiger partial charge < -0.3 is 14.6 Å². The van der Waals surface area contributed by atoms with Crippen LogP contribution >= 0.6 is 11.6 Å². The first-order valence-corrected chi connectivity index (χ1v) is 7.84. The highest BCUT2D eigenvalue weighted by Gasteiger charge is 2.21. The number of hydrogen-bond acceptors (Lipinski definition) is 4. The van der Waals surface area contributed by atoms with Crippen LogP contribution in [0.25, 0.3) is 0 Å². The zero-order chi connectivity index (χ0) is 16.4. The van der Waals surface area contributed by atoms with Crippen molar-refractivity contribution in [3.8, 4) is 11.5 Å². The molecule has 4 nitrogen and oxygen atoms in total. The smallest absolute Gasteiger partial charge is 0.308 e. The molecule has 1 N–H and O–H groups in total. The lowest BCUT2D eigenvalue weighted by Crippen LogP contribution is -2.13. The average molecular weight is 333 g/mol. The predicted octanol–water partition coefficient (Wildman–Crippen LogP) is 3.67. The molecule has 0 saturated heterocycles. The minimum Gasteiger partial charge on any atom is -0.493 e. The number of carbonyl (C=O) groups excluding carboxylic acids is 1. The summed E-state index contributed by atoms with van der Waals surface area (Å²) in [6.45, 7) is 1.97. The largest absolute Gasteiger partial charge is 0.493 e. The van der Waals surface area contributed by atoms with Crippen LogP contribution in [0, 0.1) is 0 Å². The first kappa shape index (κ1) is 15.8. The molecule has 0 fully saturated rings. The fourth-order valence-electron chi connectivity index (χ4n) is 2.72. The van der Waals surface area contributed by atoms with E-state index in [1.54, 1.807) is 36.4 Å². The Labute approximate surface area is 139 Å². The van der Waals surface area contributed by atoms with Gasteiger partial charge in [-0.3, -0.25) is 4.79 Å². The van der Waals surface area contributed by atoms with Crippen LogP contribution in [0.2, 0.25) is 5.02 Å². The minimum absolute atomic E-state index is 0.396. The molecule has 0 spiro atoms. The summed E-state index contributed by atoms with van der Waals surface area (Å²) in [5.74, 6) is 0.712. The molecule has 5 heteroatoms. The fourth-order valence-corrected chi connectivity index (χ4v) is 2.92. The van der Waals surface area contributed by atoms with Gasteiger partial charge in [0.1, 0.15) is 17.6 Å². The number of hydrogen-bond donors (Lipinski definition) is 1. The number of ether oxygens (including phenoxy) is 2. The number of aliphatic hydroxyl groups is 1. The third-order valence-corrected chi connectivity index (χ3v) is 3.99. The van der Waals surface area contributed by atoms with Crippen molar-refractivity contribution in [3.05, 3.63) is 58.1 Å². The molecule has 1 aliphatic rings. The van der Waals surface area contributed by atoms with Crippen molar-refractivity contribution in [1.29, 1.82) is 0 Å². The van der Waals surface area contributed by atoms with Crippen LogP contribution in [0.4, 0.5) is 0 Å². The number of benzene rings is 2. The van der Waals surface area contributed by atoms with Crippen molar-refractivity contribution in [3.63, 3.8) is 0 Å². The number of fused-ring (bicyclic) bond motifs is 1. The van der Waals surface area contributed by atoms with Crippen molar-refractivity contribution in [2.24, 2.45) is 0 Å². The summed E-state index contributed by atoms with van der Waals surface area (Å²) in [7, 11) is 0. The topological polar surface area (TPSA) is 55.8 Å². The lowest BCUT2D eigenvalue weighted by atomic mass is 9.96. The molecule has 23 heavy (non-hydrogen) atoms. The van der Waals surface area contributed by atoms with E-state index in [1.165, 1.54) is 6.92 Å². The third kappa shape index (κ3) is 3.49. The van der Waals surface area contributed by atoms with Gasteiger partial charge in [-0.1, -0.05) is 23.7 Å². The van der Waals surface area contributed by atoms with Crippen LogP contribution in [0.5, 0.6) is 11.5 Å². The molecule has 2 aromatic carbocycles. The number of esters is 1. The van der Waals surface area contributed by atoms with E-state index in [1.807, 2.05) is 0 Å². The Hall–Kier alpha value is -2.04. The van der Waals surface area contributed by atoms with Gasteiger partial charge in [0.05, 0.1) is 6.61 Å². The van der Waals surface area contributed by atoms with E-state index in [2.05, 4.69) is 0 Å². The molecule has 0 aromatic heterocycles. The second kappa shape index (κ2) is 6.60. The van der Waals surface area contributed by atoms with Gasteiger partial charge in [-0.15, -0.1) is 0 Å². The molecular formula is C18H17ClO4. The molecule has 0 amide bonds. The minimum atomic E-state index is -0.876. The van der Waals surface area contributed by atoms with Gasteiger partial charge in [-0.05, 0) is 48.2 Å². The maximum Gasteiger partial charge on any atom is 0.308 e. The zero-order valence-corrected chi connectivity index (χ0v) is 13.5. The SMILES string of the molecule is CC(=O)Oc1cc(C(O)c2cccc(Cl)c2)cc2c1CCCO2. The maximum absolute atomic E-state index is 11.4. The summed E-state index contributed by atoms with van der Waals surface area (Å²) in [4.78, 5) is 11.4. The molecule has 1 atom stereocenters. The second-order valence-electron chi connectivity index (χ2n) is 5.50. The van der Waals surface area contributed by atoms with Crippen molar-refractivity contribution in [2.45, 2.75) is 25.9 Å². The quantitative estimate of drug-likeness (QED) is 0.688. The van der Waals surface area contributed by atoms with E-state index in [9.17, 15) is 9.90 Å². The maximum atomic E-state index is 11.4. The Morgan fingerprint density at radius 2 is 2.13 bits per heavy atom. The summed E-state index contributed by atoms with van der Waals surface area (Å²) in [6.07, 6.45) is 0.780. The molecule has 1 aliphatic heterocycles. The molecule has 0 radical (unpaired) electrons. The summed E-state index contributed by atoms with van der Waals surface area (Å²) >= 11 is 5.99. The highest BCUT2D eigenvalue weighted by Crippen LogP contribution is 2.38. The first-order valence-electron chi connectivity index (χ1n) is 7.46. The van der Waals surface area contributed by atoms with Crippen LogP contribution in [0.15, 0.2) is 36.4 Å². The highest BCUT2D eigenvalue weighted by molar-refractivity contribution is 6.30. The Bertz CT molecular complexity index is 742.